The Morgan fingerprint density at radius 1 is 1.33 bits per heavy atom. The molecule has 0 fully saturated rings. The number of nitrogens with zero attached hydrogens (tertiary/aromatic N) is 1. The minimum Gasteiger partial charge on any atom is -0.480 e. The average molecular weight is 257 g/mol. The number of carbonyl (C=O) groups is 2. The molecule has 0 saturated carbocycles. The van der Waals surface area contributed by atoms with E-state index in [2.05, 4.69) is 0 Å². The topological polar surface area (TPSA) is 118 Å². The predicted octanol–water partition coefficient (Wildman–Crippen LogP) is 1.16. The van der Waals surface area contributed by atoms with Crippen LogP contribution in [0.2, 0.25) is 0 Å². The molecule has 0 heterocycles. The minimum atomic E-state index is -2.37. The van der Waals surface area contributed by atoms with E-state index in [1.165, 1.54) is 0 Å². The van der Waals surface area contributed by atoms with Crippen LogP contribution in [0.1, 0.15) is 12.5 Å². The second kappa shape index (κ2) is 4.40. The van der Waals surface area contributed by atoms with E-state index < -0.39 is 33.8 Å². The van der Waals surface area contributed by atoms with E-state index >= 15 is 0 Å². The molecule has 0 spiro atoms. The number of halogens is 1. The van der Waals surface area contributed by atoms with Gasteiger partial charge in [0.1, 0.15) is 0 Å². The van der Waals surface area contributed by atoms with Crippen LogP contribution in [0.4, 0.5) is 10.1 Å². The second-order valence-corrected chi connectivity index (χ2v) is 3.66. The lowest BCUT2D eigenvalue weighted by atomic mass is 9.82. The first kappa shape index (κ1) is 13.6. The third-order valence-corrected chi connectivity index (χ3v) is 2.58. The summed E-state index contributed by atoms with van der Waals surface area (Å²) in [6.45, 7) is 0.873. The maximum absolute atomic E-state index is 13.3. The molecule has 0 aliphatic carbocycles. The van der Waals surface area contributed by atoms with E-state index in [0.29, 0.717) is 6.07 Å². The molecule has 0 aromatic heterocycles. The number of nitro benzene ring substituents is 1. The Balaban J connectivity index is 3.42. The van der Waals surface area contributed by atoms with Crippen molar-refractivity contribution in [3.05, 3.63) is 39.7 Å². The number of benzene rings is 1. The van der Waals surface area contributed by atoms with Crippen LogP contribution in [0.15, 0.2) is 18.2 Å². The number of rotatable bonds is 4. The van der Waals surface area contributed by atoms with Gasteiger partial charge in [0.05, 0.1) is 4.92 Å². The summed E-state index contributed by atoms with van der Waals surface area (Å²) in [5.74, 6) is -4.67. The van der Waals surface area contributed by atoms with Crippen molar-refractivity contribution in [3.8, 4) is 0 Å². The molecule has 0 radical (unpaired) electrons. The first-order valence-corrected chi connectivity index (χ1v) is 4.62. The summed E-state index contributed by atoms with van der Waals surface area (Å²) in [6.07, 6.45) is 0. The van der Waals surface area contributed by atoms with Crippen LogP contribution in [0.3, 0.4) is 0 Å². The molecule has 96 valence electrons. The number of hydrogen-bond donors (Lipinski definition) is 2. The van der Waals surface area contributed by atoms with Gasteiger partial charge in [-0.25, -0.2) is 0 Å². The van der Waals surface area contributed by atoms with Crippen LogP contribution in [-0.2, 0) is 15.0 Å². The summed E-state index contributed by atoms with van der Waals surface area (Å²) in [6, 6.07) is 2.18. The predicted molar refractivity (Wildman–Crippen MR) is 55.7 cm³/mol. The molecular weight excluding hydrogens is 249 g/mol. The Hall–Kier alpha value is -2.51. The zero-order chi connectivity index (χ0) is 14.1. The maximum atomic E-state index is 13.3. The molecular formula is C10H8FNO6. The van der Waals surface area contributed by atoms with Gasteiger partial charge in [0.15, 0.2) is 5.41 Å². The zero-order valence-corrected chi connectivity index (χ0v) is 9.08. The number of carboxylic acids is 2. The molecule has 1 aromatic carbocycles. The summed E-state index contributed by atoms with van der Waals surface area (Å²) in [7, 11) is 0. The molecule has 0 amide bonds. The molecule has 1 rings (SSSR count). The standard InChI is InChI=1S/C10H8FNO6/c1-10(8(13)14,9(15)16)5-2-3-7(12(17)18)6(11)4-5/h2-4H,1H3,(H,13,14)(H,15,16). The van der Waals surface area contributed by atoms with Gasteiger partial charge in [0.2, 0.25) is 5.82 Å². The smallest absolute Gasteiger partial charge is 0.325 e. The van der Waals surface area contributed by atoms with Crippen molar-refractivity contribution in [1.82, 2.24) is 0 Å². The van der Waals surface area contributed by atoms with Crippen molar-refractivity contribution in [2.24, 2.45) is 0 Å². The van der Waals surface area contributed by atoms with Gasteiger partial charge in [-0.2, -0.15) is 4.39 Å². The lowest BCUT2D eigenvalue weighted by molar-refractivity contribution is -0.387. The minimum absolute atomic E-state index is 0.384. The van der Waals surface area contributed by atoms with Crippen LogP contribution in [0.25, 0.3) is 0 Å². The van der Waals surface area contributed by atoms with Crippen molar-refractivity contribution in [2.75, 3.05) is 0 Å². The van der Waals surface area contributed by atoms with E-state index in [1.807, 2.05) is 0 Å². The molecule has 0 atom stereocenters. The van der Waals surface area contributed by atoms with Gasteiger partial charge in [-0.05, 0) is 18.6 Å². The third kappa shape index (κ3) is 1.99. The van der Waals surface area contributed by atoms with E-state index in [0.717, 1.165) is 19.1 Å². The summed E-state index contributed by atoms with van der Waals surface area (Å²) < 4.78 is 13.3. The normalized spacial score (nSPS) is 11.0. The van der Waals surface area contributed by atoms with E-state index in [4.69, 9.17) is 10.2 Å². The van der Waals surface area contributed by atoms with Gasteiger partial charge in [0.25, 0.3) is 0 Å². The molecule has 7 nitrogen and oxygen atoms in total. The number of hydrogen-bond acceptors (Lipinski definition) is 4. The second-order valence-electron chi connectivity index (χ2n) is 3.66. The molecule has 8 heteroatoms. The van der Waals surface area contributed by atoms with Crippen molar-refractivity contribution in [3.63, 3.8) is 0 Å². The fraction of sp³-hybridized carbons (Fsp3) is 0.200. The Bertz CT molecular complexity index is 527. The maximum Gasteiger partial charge on any atom is 0.325 e. The molecule has 0 aliphatic heterocycles. The highest BCUT2D eigenvalue weighted by atomic mass is 19.1. The number of nitro groups is 1. The number of carboxylic acid groups (broad SMARTS) is 2. The summed E-state index contributed by atoms with van der Waals surface area (Å²) in [5.41, 5.74) is -3.60. The van der Waals surface area contributed by atoms with Crippen molar-refractivity contribution < 1.29 is 29.1 Å². The molecule has 0 bridgehead atoms. The van der Waals surface area contributed by atoms with Gasteiger partial charge in [0, 0.05) is 6.07 Å². The monoisotopic (exact) mass is 257 g/mol. The van der Waals surface area contributed by atoms with E-state index in [1.54, 1.807) is 0 Å². The van der Waals surface area contributed by atoms with Crippen LogP contribution in [-0.4, -0.2) is 27.1 Å². The highest BCUT2D eigenvalue weighted by molar-refractivity contribution is 6.04. The van der Waals surface area contributed by atoms with Crippen LogP contribution in [0.5, 0.6) is 0 Å². The highest BCUT2D eigenvalue weighted by Crippen LogP contribution is 2.28. The average Bonchev–Trinajstić information content (AvgIpc) is 2.26. The van der Waals surface area contributed by atoms with Gasteiger partial charge >= 0.3 is 17.6 Å². The van der Waals surface area contributed by atoms with Crippen LogP contribution >= 0.6 is 0 Å². The first-order valence-electron chi connectivity index (χ1n) is 4.62. The van der Waals surface area contributed by atoms with Gasteiger partial charge in [-0.15, -0.1) is 0 Å². The molecule has 0 aliphatic rings. The first-order chi connectivity index (χ1) is 8.21. The summed E-state index contributed by atoms with van der Waals surface area (Å²) in [4.78, 5) is 31.3. The fourth-order valence-corrected chi connectivity index (χ4v) is 1.30. The van der Waals surface area contributed by atoms with Crippen molar-refractivity contribution >= 4 is 17.6 Å². The zero-order valence-electron chi connectivity index (χ0n) is 9.08. The van der Waals surface area contributed by atoms with Crippen molar-refractivity contribution in [1.29, 1.82) is 0 Å². The lowest BCUT2D eigenvalue weighted by Crippen LogP contribution is -2.40. The largest absolute Gasteiger partial charge is 0.480 e. The van der Waals surface area contributed by atoms with Gasteiger partial charge < -0.3 is 10.2 Å². The lowest BCUT2D eigenvalue weighted by Gasteiger charge is -2.19. The van der Waals surface area contributed by atoms with E-state index in [-0.39, 0.29) is 5.56 Å². The summed E-state index contributed by atoms with van der Waals surface area (Å²) >= 11 is 0. The Labute approximate surface area is 99.6 Å². The van der Waals surface area contributed by atoms with Gasteiger partial charge in [-0.3, -0.25) is 19.7 Å². The van der Waals surface area contributed by atoms with E-state index in [9.17, 15) is 24.1 Å². The van der Waals surface area contributed by atoms with Gasteiger partial charge in [-0.1, -0.05) is 6.07 Å². The van der Waals surface area contributed by atoms with Crippen molar-refractivity contribution in [2.45, 2.75) is 12.3 Å². The molecule has 0 saturated heterocycles. The summed E-state index contributed by atoms with van der Waals surface area (Å²) in [5, 5.41) is 28.2. The quantitative estimate of drug-likeness (QED) is 0.474. The molecule has 1 aromatic rings. The molecule has 2 N–H and O–H groups in total. The SMILES string of the molecule is CC(C(=O)O)(C(=O)O)c1ccc([N+](=O)[O-])c(F)c1. The third-order valence-electron chi connectivity index (χ3n) is 2.58. The Kier molecular flexibility index (Phi) is 3.31. The number of aliphatic carboxylic acids is 2. The highest BCUT2D eigenvalue weighted by Gasteiger charge is 2.44. The fourth-order valence-electron chi connectivity index (χ4n) is 1.30. The Morgan fingerprint density at radius 2 is 1.83 bits per heavy atom. The molecule has 0 unspecified atom stereocenters. The molecule has 18 heavy (non-hydrogen) atoms. The Morgan fingerprint density at radius 3 is 2.17 bits per heavy atom. The van der Waals surface area contributed by atoms with Crippen LogP contribution in [0, 0.1) is 15.9 Å². The van der Waals surface area contributed by atoms with Crippen LogP contribution < -0.4 is 0 Å².